The molecule has 1 unspecified atom stereocenters. The zero-order valence-corrected chi connectivity index (χ0v) is 16.0. The Balaban J connectivity index is 1.92. The van der Waals surface area contributed by atoms with Gasteiger partial charge in [-0.3, -0.25) is 9.79 Å². The van der Waals surface area contributed by atoms with E-state index in [4.69, 9.17) is 11.5 Å². The van der Waals surface area contributed by atoms with E-state index >= 15 is 0 Å². The topological polar surface area (TPSA) is 151 Å². The van der Waals surface area contributed by atoms with Gasteiger partial charge in [-0.05, 0) is 53.7 Å². The summed E-state index contributed by atoms with van der Waals surface area (Å²) < 4.78 is 0. The normalized spacial score (nSPS) is 15.3. The molecule has 0 saturated carbocycles. The summed E-state index contributed by atoms with van der Waals surface area (Å²) in [7, 11) is 0. The van der Waals surface area contributed by atoms with Crippen molar-refractivity contribution in [1.82, 2.24) is 10.2 Å². The van der Waals surface area contributed by atoms with Crippen molar-refractivity contribution in [2.45, 2.75) is 12.1 Å². The lowest BCUT2D eigenvalue weighted by atomic mass is 9.90. The standard InChI is InChI=1S/C21H21N5O4/c22-8-1-9-24-16-4-2-15(3-5-16)21(13-27,25-20(23)30)12-26-11-14-10-17(28)6-7-18(14)19(26)29/h1-10,13,28H,11-12,22H2,(H3,23,25,30). The van der Waals surface area contributed by atoms with Gasteiger partial charge in [0.2, 0.25) is 0 Å². The van der Waals surface area contributed by atoms with E-state index in [9.17, 15) is 19.5 Å². The fourth-order valence-corrected chi connectivity index (χ4v) is 3.38. The number of hydrogen-bond acceptors (Lipinski definition) is 6. The Labute approximate surface area is 172 Å². The third-order valence-corrected chi connectivity index (χ3v) is 4.76. The zero-order valence-electron chi connectivity index (χ0n) is 16.0. The number of primary amides is 1. The summed E-state index contributed by atoms with van der Waals surface area (Å²) in [6, 6.07) is 10.1. The van der Waals surface area contributed by atoms with Crippen LogP contribution >= 0.6 is 0 Å². The lowest BCUT2D eigenvalue weighted by Crippen LogP contribution is -2.56. The predicted octanol–water partition coefficient (Wildman–Crippen LogP) is 1.29. The summed E-state index contributed by atoms with van der Waals surface area (Å²) in [5.41, 5.74) is 11.2. The number of aldehydes is 1. The number of fused-ring (bicyclic) bond motifs is 1. The maximum Gasteiger partial charge on any atom is 0.313 e. The van der Waals surface area contributed by atoms with Crippen molar-refractivity contribution < 1.29 is 19.5 Å². The molecule has 1 heterocycles. The highest BCUT2D eigenvalue weighted by Crippen LogP contribution is 2.30. The molecule has 0 aliphatic carbocycles. The Morgan fingerprint density at radius 1 is 1.27 bits per heavy atom. The number of phenols is 1. The van der Waals surface area contributed by atoms with Crippen molar-refractivity contribution in [3.05, 3.63) is 71.4 Å². The largest absolute Gasteiger partial charge is 0.508 e. The van der Waals surface area contributed by atoms with Crippen molar-refractivity contribution in [3.8, 4) is 5.75 Å². The highest BCUT2D eigenvalue weighted by atomic mass is 16.3. The molecule has 0 aromatic heterocycles. The number of aliphatic imine (C=N–C) groups is 1. The molecule has 30 heavy (non-hydrogen) atoms. The van der Waals surface area contributed by atoms with Gasteiger partial charge in [0.1, 0.15) is 11.3 Å². The Kier molecular flexibility index (Phi) is 5.82. The van der Waals surface area contributed by atoms with Crippen LogP contribution in [0.15, 0.2) is 59.7 Å². The quantitative estimate of drug-likeness (QED) is 0.403. The number of rotatable bonds is 7. The van der Waals surface area contributed by atoms with Crippen molar-refractivity contribution in [1.29, 1.82) is 0 Å². The second kappa shape index (κ2) is 8.48. The molecule has 1 aliphatic heterocycles. The van der Waals surface area contributed by atoms with Gasteiger partial charge in [0.25, 0.3) is 5.91 Å². The summed E-state index contributed by atoms with van der Waals surface area (Å²) in [6.07, 6.45) is 4.98. The van der Waals surface area contributed by atoms with Crippen molar-refractivity contribution in [3.63, 3.8) is 0 Å². The van der Waals surface area contributed by atoms with Gasteiger partial charge >= 0.3 is 6.03 Å². The number of nitrogens with one attached hydrogen (secondary N) is 1. The molecule has 154 valence electrons. The smallest absolute Gasteiger partial charge is 0.313 e. The number of urea groups is 1. The van der Waals surface area contributed by atoms with E-state index in [-0.39, 0.29) is 24.7 Å². The molecule has 9 nitrogen and oxygen atoms in total. The second-order valence-corrected chi connectivity index (χ2v) is 6.79. The number of phenolic OH excluding ortho intramolecular Hbond substituents is 1. The van der Waals surface area contributed by atoms with Crippen LogP contribution in [0, 0.1) is 0 Å². The first-order chi connectivity index (χ1) is 14.4. The maximum atomic E-state index is 12.8. The average Bonchev–Trinajstić information content (AvgIpc) is 3.02. The van der Waals surface area contributed by atoms with E-state index in [1.807, 2.05) is 0 Å². The number of benzene rings is 2. The molecule has 0 saturated heterocycles. The summed E-state index contributed by atoms with van der Waals surface area (Å²) in [6.45, 7) is 0.0542. The molecule has 0 fully saturated rings. The zero-order chi connectivity index (χ0) is 21.7. The van der Waals surface area contributed by atoms with E-state index < -0.39 is 11.6 Å². The van der Waals surface area contributed by atoms with Crippen molar-refractivity contribution in [2.24, 2.45) is 16.5 Å². The molecule has 2 aromatic carbocycles. The average molecular weight is 407 g/mol. The van der Waals surface area contributed by atoms with Crippen LogP contribution < -0.4 is 16.8 Å². The van der Waals surface area contributed by atoms with Crippen LogP contribution in [0.5, 0.6) is 5.75 Å². The molecule has 1 atom stereocenters. The number of allylic oxidation sites excluding steroid dienone is 1. The molecular weight excluding hydrogens is 386 g/mol. The summed E-state index contributed by atoms with van der Waals surface area (Å²) in [5, 5.41) is 12.1. The Bertz CT molecular complexity index is 1030. The Hall–Kier alpha value is -4.14. The molecule has 1 aliphatic rings. The molecule has 0 bridgehead atoms. The van der Waals surface area contributed by atoms with Gasteiger partial charge in [-0.2, -0.15) is 0 Å². The summed E-state index contributed by atoms with van der Waals surface area (Å²) >= 11 is 0. The maximum absolute atomic E-state index is 12.8. The molecule has 3 amide bonds. The van der Waals surface area contributed by atoms with Crippen LogP contribution in [0.2, 0.25) is 0 Å². The number of nitrogens with zero attached hydrogens (tertiary/aromatic N) is 2. The molecule has 3 rings (SSSR count). The lowest BCUT2D eigenvalue weighted by molar-refractivity contribution is -0.113. The van der Waals surface area contributed by atoms with E-state index in [1.54, 1.807) is 30.3 Å². The van der Waals surface area contributed by atoms with Crippen LogP contribution in [0.4, 0.5) is 10.5 Å². The van der Waals surface area contributed by atoms with Gasteiger partial charge in [0.15, 0.2) is 6.29 Å². The monoisotopic (exact) mass is 407 g/mol. The third kappa shape index (κ3) is 4.14. The number of hydrogen-bond donors (Lipinski definition) is 4. The van der Waals surface area contributed by atoms with Gasteiger partial charge in [-0.25, -0.2) is 4.79 Å². The fraction of sp³-hybridized carbons (Fsp3) is 0.143. The molecular formula is C21H21N5O4. The van der Waals surface area contributed by atoms with E-state index in [2.05, 4.69) is 10.3 Å². The molecule has 2 aromatic rings. The first-order valence-electron chi connectivity index (χ1n) is 9.05. The number of nitrogens with two attached hydrogens (primary N) is 2. The summed E-state index contributed by atoms with van der Waals surface area (Å²) in [4.78, 5) is 42.2. The van der Waals surface area contributed by atoms with Gasteiger partial charge in [-0.1, -0.05) is 12.1 Å². The van der Waals surface area contributed by atoms with E-state index in [0.29, 0.717) is 28.7 Å². The fourth-order valence-electron chi connectivity index (χ4n) is 3.38. The van der Waals surface area contributed by atoms with Crippen LogP contribution in [-0.2, 0) is 16.9 Å². The Morgan fingerprint density at radius 3 is 2.63 bits per heavy atom. The minimum Gasteiger partial charge on any atom is -0.508 e. The Morgan fingerprint density at radius 2 is 2.00 bits per heavy atom. The van der Waals surface area contributed by atoms with Crippen molar-refractivity contribution in [2.75, 3.05) is 6.54 Å². The minimum absolute atomic E-state index is 0.0425. The molecule has 0 radical (unpaired) electrons. The number of carbonyl (C=O) groups excluding carboxylic acids is 3. The highest BCUT2D eigenvalue weighted by molar-refractivity contribution is 5.99. The SMILES string of the molecule is NC=CC=Nc1ccc(C(C=O)(CN2Cc3cc(O)ccc3C2=O)NC(N)=O)cc1. The van der Waals surface area contributed by atoms with Crippen LogP contribution in [-0.4, -0.2) is 41.0 Å². The first kappa shape index (κ1) is 20.6. The molecule has 0 spiro atoms. The molecule has 6 N–H and O–H groups in total. The first-order valence-corrected chi connectivity index (χ1v) is 9.05. The predicted molar refractivity (Wildman–Crippen MR) is 111 cm³/mol. The van der Waals surface area contributed by atoms with Gasteiger partial charge in [0, 0.05) is 18.3 Å². The third-order valence-electron chi connectivity index (χ3n) is 4.76. The van der Waals surface area contributed by atoms with Gasteiger partial charge < -0.3 is 31.6 Å². The second-order valence-electron chi connectivity index (χ2n) is 6.79. The van der Waals surface area contributed by atoms with E-state index in [0.717, 1.165) is 0 Å². The van der Waals surface area contributed by atoms with E-state index in [1.165, 1.54) is 35.5 Å². The summed E-state index contributed by atoms with van der Waals surface area (Å²) in [5.74, 6) is -0.266. The van der Waals surface area contributed by atoms with Crippen LogP contribution in [0.3, 0.4) is 0 Å². The minimum atomic E-state index is -1.55. The van der Waals surface area contributed by atoms with Crippen LogP contribution in [0.25, 0.3) is 0 Å². The van der Waals surface area contributed by atoms with Crippen molar-refractivity contribution >= 4 is 30.1 Å². The number of aromatic hydroxyl groups is 1. The molecule has 9 heteroatoms. The highest BCUT2D eigenvalue weighted by Gasteiger charge is 2.39. The van der Waals surface area contributed by atoms with Gasteiger partial charge in [0.05, 0.1) is 12.2 Å². The lowest BCUT2D eigenvalue weighted by Gasteiger charge is -2.33. The number of carbonyl (C=O) groups is 3. The van der Waals surface area contributed by atoms with Crippen LogP contribution in [0.1, 0.15) is 21.5 Å². The number of amides is 3. The van der Waals surface area contributed by atoms with Gasteiger partial charge in [-0.15, -0.1) is 0 Å².